The number of carboxylic acids is 1. The Morgan fingerprint density at radius 3 is 2.33 bits per heavy atom. The second-order valence-electron chi connectivity index (χ2n) is 4.08. The Hall–Kier alpha value is -1.73. The molecule has 1 N–H and O–H groups in total. The number of carbonyl (C=O) groups is 1. The summed E-state index contributed by atoms with van der Waals surface area (Å²) in [4.78, 5) is 11.0. The lowest BCUT2D eigenvalue weighted by Crippen LogP contribution is -2.12. The number of halogens is 5. The fourth-order valence-electron chi connectivity index (χ4n) is 1.68. The molecule has 0 amide bonds. The molecule has 4 nitrogen and oxygen atoms in total. The molecule has 21 heavy (non-hydrogen) atoms. The Morgan fingerprint density at radius 2 is 1.86 bits per heavy atom. The third-order valence-corrected chi connectivity index (χ3v) is 3.37. The normalized spacial score (nSPS) is 11.7. The molecule has 0 bridgehead atoms. The Bertz CT molecular complexity index is 678. The first-order valence-electron chi connectivity index (χ1n) is 5.51. The summed E-state index contributed by atoms with van der Waals surface area (Å²) in [6.07, 6.45) is -4.74. The van der Waals surface area contributed by atoms with E-state index >= 15 is 0 Å². The van der Waals surface area contributed by atoms with Gasteiger partial charge in [-0.2, -0.15) is 18.3 Å². The van der Waals surface area contributed by atoms with E-state index in [1.165, 1.54) is 12.1 Å². The quantitative estimate of drug-likeness (QED) is 0.921. The molecule has 1 aromatic carbocycles. The van der Waals surface area contributed by atoms with Crippen LogP contribution in [0.5, 0.6) is 0 Å². The summed E-state index contributed by atoms with van der Waals surface area (Å²) in [6.45, 7) is -0.282. The summed E-state index contributed by atoms with van der Waals surface area (Å²) in [7, 11) is 0. The lowest BCUT2D eigenvalue weighted by Gasteiger charge is -2.08. The van der Waals surface area contributed by atoms with Crippen LogP contribution in [0.3, 0.4) is 0 Å². The number of carboxylic acid groups (broad SMARTS) is 1. The monoisotopic (exact) mass is 338 g/mol. The maximum Gasteiger partial charge on any atom is 0.435 e. The second kappa shape index (κ2) is 5.57. The Labute approximate surface area is 126 Å². The number of benzene rings is 1. The molecule has 0 aliphatic rings. The van der Waals surface area contributed by atoms with Gasteiger partial charge in [-0.05, 0) is 12.1 Å². The largest absolute Gasteiger partial charge is 0.477 e. The molecule has 1 heterocycles. The van der Waals surface area contributed by atoms with Gasteiger partial charge >= 0.3 is 12.1 Å². The van der Waals surface area contributed by atoms with Crippen LogP contribution < -0.4 is 0 Å². The summed E-state index contributed by atoms with van der Waals surface area (Å²) >= 11 is 11.8. The van der Waals surface area contributed by atoms with E-state index in [1.807, 2.05) is 0 Å². The van der Waals surface area contributed by atoms with E-state index in [1.54, 1.807) is 6.07 Å². The molecule has 0 radical (unpaired) electrons. The van der Waals surface area contributed by atoms with Crippen molar-refractivity contribution < 1.29 is 23.1 Å². The van der Waals surface area contributed by atoms with Crippen LogP contribution in [-0.4, -0.2) is 20.9 Å². The maximum absolute atomic E-state index is 12.6. The molecule has 0 saturated carbocycles. The van der Waals surface area contributed by atoms with Crippen molar-refractivity contribution in [2.24, 2.45) is 0 Å². The minimum Gasteiger partial charge on any atom is -0.477 e. The first kappa shape index (κ1) is 15.7. The van der Waals surface area contributed by atoms with Crippen molar-refractivity contribution in [1.29, 1.82) is 0 Å². The van der Waals surface area contributed by atoms with Gasteiger partial charge in [-0.15, -0.1) is 0 Å². The summed E-state index contributed by atoms with van der Waals surface area (Å²) < 4.78 is 38.6. The molecule has 0 saturated heterocycles. The highest BCUT2D eigenvalue weighted by molar-refractivity contribution is 6.35. The topological polar surface area (TPSA) is 55.1 Å². The predicted molar refractivity (Wildman–Crippen MR) is 69.8 cm³/mol. The molecule has 0 atom stereocenters. The Morgan fingerprint density at radius 1 is 1.29 bits per heavy atom. The number of aromatic carboxylic acids is 1. The molecule has 1 aromatic heterocycles. The fraction of sp³-hybridized carbons (Fsp3) is 0.167. The predicted octanol–water partition coefficient (Wildman–Crippen LogP) is 3.96. The average molecular weight is 339 g/mol. The Kier molecular flexibility index (Phi) is 4.15. The van der Waals surface area contributed by atoms with Gasteiger partial charge in [-0.25, -0.2) is 4.79 Å². The van der Waals surface area contributed by atoms with Crippen LogP contribution in [0.2, 0.25) is 10.0 Å². The second-order valence-corrected chi connectivity index (χ2v) is 4.89. The minimum absolute atomic E-state index is 0.211. The zero-order chi connectivity index (χ0) is 15.8. The van der Waals surface area contributed by atoms with E-state index < -0.39 is 23.5 Å². The average Bonchev–Trinajstić information content (AvgIpc) is 2.78. The number of hydrogen-bond donors (Lipinski definition) is 1. The SMILES string of the molecule is O=C(O)c1cc(C(F)(F)F)nn1Cc1c(Cl)cccc1Cl. The molecular weight excluding hydrogens is 332 g/mol. The summed E-state index contributed by atoms with van der Waals surface area (Å²) in [6, 6.07) is 5.03. The highest BCUT2D eigenvalue weighted by atomic mass is 35.5. The van der Waals surface area contributed by atoms with Crippen LogP contribution in [0.1, 0.15) is 21.7 Å². The fourth-order valence-corrected chi connectivity index (χ4v) is 2.20. The van der Waals surface area contributed by atoms with Gasteiger partial charge in [0.25, 0.3) is 0 Å². The van der Waals surface area contributed by atoms with Crippen LogP contribution in [0.25, 0.3) is 0 Å². The van der Waals surface area contributed by atoms with Crippen molar-refractivity contribution in [2.45, 2.75) is 12.7 Å². The van der Waals surface area contributed by atoms with Gasteiger partial charge in [0.05, 0.1) is 6.54 Å². The van der Waals surface area contributed by atoms with Crippen molar-refractivity contribution >= 4 is 29.2 Å². The molecule has 112 valence electrons. The van der Waals surface area contributed by atoms with Crippen molar-refractivity contribution in [3.63, 3.8) is 0 Å². The van der Waals surface area contributed by atoms with Crippen LogP contribution in [-0.2, 0) is 12.7 Å². The van der Waals surface area contributed by atoms with Gasteiger partial charge < -0.3 is 5.11 Å². The number of aromatic nitrogens is 2. The summed E-state index contributed by atoms with van der Waals surface area (Å²) in [5.41, 5.74) is -1.60. The van der Waals surface area contributed by atoms with Crippen LogP contribution in [0.15, 0.2) is 24.3 Å². The number of hydrogen-bond acceptors (Lipinski definition) is 2. The molecule has 2 aromatic rings. The van der Waals surface area contributed by atoms with Gasteiger partial charge in [0, 0.05) is 21.7 Å². The third kappa shape index (κ3) is 3.30. The van der Waals surface area contributed by atoms with Crippen molar-refractivity contribution in [3.05, 3.63) is 51.3 Å². The molecular formula is C12H7Cl2F3N2O2. The van der Waals surface area contributed by atoms with Crippen molar-refractivity contribution in [1.82, 2.24) is 9.78 Å². The van der Waals surface area contributed by atoms with Gasteiger partial charge in [0.2, 0.25) is 0 Å². The molecule has 0 aliphatic heterocycles. The molecule has 0 spiro atoms. The van der Waals surface area contributed by atoms with E-state index in [4.69, 9.17) is 28.3 Å². The van der Waals surface area contributed by atoms with Crippen molar-refractivity contribution in [3.8, 4) is 0 Å². The van der Waals surface area contributed by atoms with Crippen LogP contribution >= 0.6 is 23.2 Å². The van der Waals surface area contributed by atoms with Crippen LogP contribution in [0.4, 0.5) is 13.2 Å². The van der Waals surface area contributed by atoms with E-state index in [0.29, 0.717) is 16.3 Å². The zero-order valence-corrected chi connectivity index (χ0v) is 11.7. The van der Waals surface area contributed by atoms with Gasteiger partial charge in [-0.3, -0.25) is 4.68 Å². The smallest absolute Gasteiger partial charge is 0.435 e. The van der Waals surface area contributed by atoms with Gasteiger partial charge in [0.15, 0.2) is 5.69 Å². The molecule has 0 fully saturated rings. The first-order chi connectivity index (χ1) is 9.70. The minimum atomic E-state index is -4.74. The summed E-state index contributed by atoms with van der Waals surface area (Å²) in [5.74, 6) is -1.53. The number of alkyl halides is 3. The third-order valence-electron chi connectivity index (χ3n) is 2.66. The summed E-state index contributed by atoms with van der Waals surface area (Å²) in [5, 5.41) is 12.7. The van der Waals surface area contributed by atoms with Crippen LogP contribution in [0, 0.1) is 0 Å². The van der Waals surface area contributed by atoms with Crippen molar-refractivity contribution in [2.75, 3.05) is 0 Å². The van der Waals surface area contributed by atoms with E-state index in [2.05, 4.69) is 5.10 Å². The molecule has 9 heteroatoms. The molecule has 0 aliphatic carbocycles. The lowest BCUT2D eigenvalue weighted by atomic mass is 10.2. The molecule has 2 rings (SSSR count). The standard InChI is InChI=1S/C12H7Cl2F3N2O2/c13-7-2-1-3-8(14)6(7)5-19-9(11(20)21)4-10(18-19)12(15,16)17/h1-4H,5H2,(H,20,21). The highest BCUT2D eigenvalue weighted by Crippen LogP contribution is 2.30. The van der Waals surface area contributed by atoms with E-state index in [9.17, 15) is 18.0 Å². The zero-order valence-electron chi connectivity index (χ0n) is 10.2. The molecule has 0 unspecified atom stereocenters. The Balaban J connectivity index is 2.49. The first-order valence-corrected chi connectivity index (χ1v) is 6.27. The lowest BCUT2D eigenvalue weighted by molar-refractivity contribution is -0.141. The van der Waals surface area contributed by atoms with Gasteiger partial charge in [0.1, 0.15) is 5.69 Å². The highest BCUT2D eigenvalue weighted by Gasteiger charge is 2.36. The van der Waals surface area contributed by atoms with E-state index in [0.717, 1.165) is 0 Å². The maximum atomic E-state index is 12.6. The van der Waals surface area contributed by atoms with E-state index in [-0.39, 0.29) is 16.6 Å². The van der Waals surface area contributed by atoms with Gasteiger partial charge in [-0.1, -0.05) is 29.3 Å². The number of nitrogens with zero attached hydrogens (tertiary/aromatic N) is 2. The number of rotatable bonds is 3.